The van der Waals surface area contributed by atoms with Crippen molar-refractivity contribution in [3.8, 4) is 17.2 Å². The Bertz CT molecular complexity index is 767. The minimum absolute atomic E-state index is 0.117. The Kier molecular flexibility index (Phi) is 6.41. The van der Waals surface area contributed by atoms with Gasteiger partial charge >= 0.3 is 0 Å². The number of rotatable bonds is 7. The Labute approximate surface area is 160 Å². The molecule has 0 aliphatic carbocycles. The Morgan fingerprint density at radius 2 is 2.04 bits per heavy atom. The minimum Gasteiger partial charge on any atom is -0.493 e. The molecule has 0 saturated heterocycles. The third kappa shape index (κ3) is 4.84. The van der Waals surface area contributed by atoms with Gasteiger partial charge in [-0.1, -0.05) is 24.3 Å². The van der Waals surface area contributed by atoms with Crippen molar-refractivity contribution in [2.24, 2.45) is 4.99 Å². The van der Waals surface area contributed by atoms with Crippen LogP contribution in [0.4, 0.5) is 0 Å². The first-order chi connectivity index (χ1) is 13.2. The molecule has 2 N–H and O–H groups in total. The molecule has 144 valence electrons. The van der Waals surface area contributed by atoms with Crippen molar-refractivity contribution in [2.75, 3.05) is 27.3 Å². The molecule has 1 aliphatic rings. The molecule has 6 heteroatoms. The first-order valence-corrected chi connectivity index (χ1v) is 9.22. The molecule has 0 fully saturated rings. The Morgan fingerprint density at radius 3 is 2.78 bits per heavy atom. The highest BCUT2D eigenvalue weighted by Crippen LogP contribution is 2.28. The Hall–Kier alpha value is -2.89. The number of para-hydroxylation sites is 1. The van der Waals surface area contributed by atoms with Gasteiger partial charge in [0.05, 0.1) is 20.3 Å². The fraction of sp³-hybridized carbons (Fsp3) is 0.381. The van der Waals surface area contributed by atoms with Gasteiger partial charge in [-0.2, -0.15) is 0 Å². The van der Waals surface area contributed by atoms with Crippen molar-refractivity contribution in [2.45, 2.75) is 26.0 Å². The minimum atomic E-state index is 0.117. The van der Waals surface area contributed by atoms with Gasteiger partial charge < -0.3 is 24.8 Å². The van der Waals surface area contributed by atoms with Gasteiger partial charge in [0, 0.05) is 20.0 Å². The van der Waals surface area contributed by atoms with E-state index in [4.69, 9.17) is 14.2 Å². The first-order valence-electron chi connectivity index (χ1n) is 9.22. The van der Waals surface area contributed by atoms with Gasteiger partial charge in [0.15, 0.2) is 17.5 Å². The van der Waals surface area contributed by atoms with Crippen LogP contribution in [-0.4, -0.2) is 39.4 Å². The number of hydrogen-bond donors (Lipinski definition) is 2. The second-order valence-electron chi connectivity index (χ2n) is 6.28. The number of aliphatic imine (C=N–C) groups is 1. The van der Waals surface area contributed by atoms with Crippen LogP contribution in [0, 0.1) is 0 Å². The molecule has 3 rings (SSSR count). The molecule has 1 heterocycles. The van der Waals surface area contributed by atoms with E-state index in [1.54, 1.807) is 14.2 Å². The zero-order chi connectivity index (χ0) is 19.1. The number of ether oxygens (including phenoxy) is 3. The van der Waals surface area contributed by atoms with Crippen molar-refractivity contribution < 1.29 is 14.2 Å². The van der Waals surface area contributed by atoms with Crippen LogP contribution in [0.15, 0.2) is 47.5 Å². The van der Waals surface area contributed by atoms with E-state index >= 15 is 0 Å². The summed E-state index contributed by atoms with van der Waals surface area (Å²) in [5, 5.41) is 6.66. The number of nitrogens with zero attached hydrogens (tertiary/aromatic N) is 1. The van der Waals surface area contributed by atoms with Crippen LogP contribution < -0.4 is 24.8 Å². The van der Waals surface area contributed by atoms with Crippen LogP contribution in [0.2, 0.25) is 0 Å². The summed E-state index contributed by atoms with van der Waals surface area (Å²) in [4.78, 5) is 4.29. The van der Waals surface area contributed by atoms with Gasteiger partial charge in [-0.3, -0.25) is 4.99 Å². The SMILES string of the molecule is CCOc1cc(CNC(=NC)NCC2Cc3ccccc3O2)ccc1OC. The molecule has 1 unspecified atom stereocenters. The highest BCUT2D eigenvalue weighted by atomic mass is 16.5. The molecule has 1 aliphatic heterocycles. The van der Waals surface area contributed by atoms with E-state index in [9.17, 15) is 0 Å². The topological polar surface area (TPSA) is 64.1 Å². The van der Waals surface area contributed by atoms with E-state index < -0.39 is 0 Å². The van der Waals surface area contributed by atoms with Gasteiger partial charge in [-0.15, -0.1) is 0 Å². The van der Waals surface area contributed by atoms with E-state index in [0.29, 0.717) is 19.7 Å². The van der Waals surface area contributed by atoms with E-state index in [2.05, 4.69) is 21.7 Å². The van der Waals surface area contributed by atoms with Gasteiger partial charge in [0.25, 0.3) is 0 Å². The molecule has 0 bridgehead atoms. The predicted molar refractivity (Wildman–Crippen MR) is 107 cm³/mol. The molecule has 0 amide bonds. The predicted octanol–water partition coefficient (Wildman–Crippen LogP) is 2.76. The molecule has 6 nitrogen and oxygen atoms in total. The average Bonchev–Trinajstić information content (AvgIpc) is 3.11. The number of methoxy groups -OCH3 is 1. The molecular weight excluding hydrogens is 342 g/mol. The maximum Gasteiger partial charge on any atom is 0.191 e. The molecular formula is C21H27N3O3. The maximum absolute atomic E-state index is 5.96. The molecule has 0 radical (unpaired) electrons. The zero-order valence-electron chi connectivity index (χ0n) is 16.1. The van der Waals surface area contributed by atoms with E-state index in [-0.39, 0.29) is 6.10 Å². The molecule has 1 atom stereocenters. The van der Waals surface area contributed by atoms with Crippen molar-refractivity contribution >= 4 is 5.96 Å². The fourth-order valence-electron chi connectivity index (χ4n) is 3.08. The second kappa shape index (κ2) is 9.16. The summed E-state index contributed by atoms with van der Waals surface area (Å²) in [7, 11) is 3.41. The normalized spacial score (nSPS) is 15.7. The van der Waals surface area contributed by atoms with Crippen LogP contribution in [0.3, 0.4) is 0 Å². The summed E-state index contributed by atoms with van der Waals surface area (Å²) in [5.41, 5.74) is 2.35. The average molecular weight is 369 g/mol. The lowest BCUT2D eigenvalue weighted by atomic mass is 10.1. The number of nitrogens with one attached hydrogen (secondary N) is 2. The zero-order valence-corrected chi connectivity index (χ0v) is 16.1. The monoisotopic (exact) mass is 369 g/mol. The van der Waals surface area contributed by atoms with Crippen LogP contribution in [0.1, 0.15) is 18.1 Å². The fourth-order valence-corrected chi connectivity index (χ4v) is 3.08. The van der Waals surface area contributed by atoms with Gasteiger partial charge in [0.2, 0.25) is 0 Å². The standard InChI is InChI=1S/C21H27N3O3/c1-4-26-20-11-15(9-10-19(20)25-3)13-23-21(22-2)24-14-17-12-16-7-5-6-8-18(16)27-17/h5-11,17H,4,12-14H2,1-3H3,(H2,22,23,24). The molecule has 0 spiro atoms. The molecule has 2 aromatic rings. The smallest absolute Gasteiger partial charge is 0.191 e. The van der Waals surface area contributed by atoms with E-state index in [1.165, 1.54) is 5.56 Å². The van der Waals surface area contributed by atoms with Crippen molar-refractivity contribution in [1.29, 1.82) is 0 Å². The summed E-state index contributed by atoms with van der Waals surface area (Å²) >= 11 is 0. The number of hydrogen-bond acceptors (Lipinski definition) is 4. The molecule has 0 aromatic heterocycles. The van der Waals surface area contributed by atoms with Crippen molar-refractivity contribution in [3.63, 3.8) is 0 Å². The summed E-state index contributed by atoms with van der Waals surface area (Å²) in [6.07, 6.45) is 1.03. The van der Waals surface area contributed by atoms with Crippen LogP contribution in [-0.2, 0) is 13.0 Å². The second-order valence-corrected chi connectivity index (χ2v) is 6.28. The lowest BCUT2D eigenvalue weighted by molar-refractivity contribution is 0.235. The molecule has 0 saturated carbocycles. The highest BCUT2D eigenvalue weighted by molar-refractivity contribution is 5.79. The summed E-state index contributed by atoms with van der Waals surface area (Å²) in [6, 6.07) is 14.1. The molecule has 27 heavy (non-hydrogen) atoms. The number of guanidine groups is 1. The quantitative estimate of drug-likeness (QED) is 0.580. The lowest BCUT2D eigenvalue weighted by Crippen LogP contribution is -2.41. The Balaban J connectivity index is 1.50. The van der Waals surface area contributed by atoms with Crippen LogP contribution in [0.5, 0.6) is 17.2 Å². The lowest BCUT2D eigenvalue weighted by Gasteiger charge is -2.16. The van der Waals surface area contributed by atoms with Gasteiger partial charge in [0.1, 0.15) is 11.9 Å². The third-order valence-corrected chi connectivity index (χ3v) is 4.42. The summed E-state index contributed by atoms with van der Waals surface area (Å²) in [5.74, 6) is 3.21. The van der Waals surface area contributed by atoms with Gasteiger partial charge in [-0.05, 0) is 36.2 Å². The Morgan fingerprint density at radius 1 is 1.19 bits per heavy atom. The maximum atomic E-state index is 5.96. The third-order valence-electron chi connectivity index (χ3n) is 4.42. The summed E-state index contributed by atoms with van der Waals surface area (Å²) in [6.45, 7) is 3.89. The van der Waals surface area contributed by atoms with Crippen LogP contribution >= 0.6 is 0 Å². The first kappa shape index (κ1) is 18.9. The van der Waals surface area contributed by atoms with Crippen molar-refractivity contribution in [3.05, 3.63) is 53.6 Å². The van der Waals surface area contributed by atoms with Gasteiger partial charge in [-0.25, -0.2) is 0 Å². The van der Waals surface area contributed by atoms with E-state index in [0.717, 1.165) is 35.2 Å². The van der Waals surface area contributed by atoms with Crippen LogP contribution in [0.25, 0.3) is 0 Å². The van der Waals surface area contributed by atoms with E-state index in [1.807, 2.05) is 43.3 Å². The number of fused-ring (bicyclic) bond motifs is 1. The largest absolute Gasteiger partial charge is 0.493 e. The van der Waals surface area contributed by atoms with Crippen molar-refractivity contribution in [1.82, 2.24) is 10.6 Å². The number of benzene rings is 2. The highest BCUT2D eigenvalue weighted by Gasteiger charge is 2.22. The summed E-state index contributed by atoms with van der Waals surface area (Å²) < 4.78 is 16.9. The molecule has 2 aromatic carbocycles.